The lowest BCUT2D eigenvalue weighted by atomic mass is 10.3. The maximum absolute atomic E-state index is 12.9. The third kappa shape index (κ3) is 3.06. The third-order valence-electron chi connectivity index (χ3n) is 2.82. The maximum Gasteiger partial charge on any atom is 0.244 e. The zero-order valence-corrected chi connectivity index (χ0v) is 11.5. The van der Waals surface area contributed by atoms with Gasteiger partial charge < -0.3 is 9.84 Å². The van der Waals surface area contributed by atoms with Gasteiger partial charge in [0.2, 0.25) is 10.0 Å². The van der Waals surface area contributed by atoms with E-state index in [-0.39, 0.29) is 36.2 Å². The first-order valence-electron chi connectivity index (χ1n) is 5.63. The van der Waals surface area contributed by atoms with E-state index >= 15 is 0 Å². The molecule has 1 saturated heterocycles. The molecule has 1 aliphatic rings. The smallest absolute Gasteiger partial charge is 0.244 e. The lowest BCUT2D eigenvalue weighted by Crippen LogP contribution is -2.46. The predicted molar refractivity (Wildman–Crippen MR) is 67.0 cm³/mol. The van der Waals surface area contributed by atoms with Crippen molar-refractivity contribution in [3.05, 3.63) is 29.0 Å². The Morgan fingerprint density at radius 2 is 2.26 bits per heavy atom. The zero-order valence-electron chi connectivity index (χ0n) is 9.92. The fraction of sp³-hybridized carbons (Fsp3) is 0.455. The number of sulfonamides is 1. The van der Waals surface area contributed by atoms with Crippen molar-refractivity contribution in [3.8, 4) is 0 Å². The molecule has 0 bridgehead atoms. The summed E-state index contributed by atoms with van der Waals surface area (Å²) in [5.41, 5.74) is 0. The summed E-state index contributed by atoms with van der Waals surface area (Å²) >= 11 is 5.78. The molecule has 8 heteroatoms. The van der Waals surface area contributed by atoms with Crippen molar-refractivity contribution in [1.82, 2.24) is 4.31 Å². The van der Waals surface area contributed by atoms with Gasteiger partial charge in [-0.2, -0.15) is 4.31 Å². The molecule has 0 saturated carbocycles. The summed E-state index contributed by atoms with van der Waals surface area (Å²) in [6.07, 6.45) is -0.553. The number of nitrogens with zero attached hydrogens (tertiary/aromatic N) is 1. The van der Waals surface area contributed by atoms with Gasteiger partial charge >= 0.3 is 0 Å². The largest absolute Gasteiger partial charge is 0.394 e. The number of ether oxygens (including phenoxy) is 1. The number of aliphatic hydroxyl groups excluding tert-OH is 1. The number of hydrogen-bond acceptors (Lipinski definition) is 4. The first kappa shape index (κ1) is 14.7. The highest BCUT2D eigenvalue weighted by Crippen LogP contribution is 2.26. The second-order valence-electron chi connectivity index (χ2n) is 4.11. The Labute approximate surface area is 115 Å². The van der Waals surface area contributed by atoms with E-state index in [0.717, 1.165) is 18.2 Å². The van der Waals surface area contributed by atoms with Gasteiger partial charge in [0.15, 0.2) is 0 Å². The Hall–Kier alpha value is -0.730. The number of morpholine rings is 1. The van der Waals surface area contributed by atoms with E-state index in [4.69, 9.17) is 21.4 Å². The van der Waals surface area contributed by atoms with Crippen LogP contribution in [-0.4, -0.2) is 50.2 Å². The summed E-state index contributed by atoms with van der Waals surface area (Å²) in [4.78, 5) is -0.144. The summed E-state index contributed by atoms with van der Waals surface area (Å²) in [6.45, 7) is 0.158. The van der Waals surface area contributed by atoms with Gasteiger partial charge in [-0.05, 0) is 18.2 Å². The molecule has 1 N–H and O–H groups in total. The van der Waals surface area contributed by atoms with Crippen LogP contribution < -0.4 is 0 Å². The number of aliphatic hydroxyl groups is 1. The predicted octanol–water partition coefficient (Wildman–Crippen LogP) is 0.861. The second kappa shape index (κ2) is 5.72. The van der Waals surface area contributed by atoms with Crippen LogP contribution in [0.1, 0.15) is 0 Å². The Balaban J connectivity index is 2.31. The summed E-state index contributed by atoms with van der Waals surface area (Å²) < 4.78 is 44.0. The van der Waals surface area contributed by atoms with Crippen LogP contribution >= 0.6 is 11.6 Å². The number of benzene rings is 1. The molecule has 0 spiro atoms. The maximum atomic E-state index is 12.9. The highest BCUT2D eigenvalue weighted by Gasteiger charge is 2.31. The molecular formula is C11H13ClFNO4S. The SMILES string of the molecule is O=S(=O)(c1ccc(F)cc1Cl)N1CCOC(CO)C1. The quantitative estimate of drug-likeness (QED) is 0.899. The topological polar surface area (TPSA) is 66.8 Å². The van der Waals surface area contributed by atoms with Gasteiger partial charge in [-0.15, -0.1) is 0 Å². The van der Waals surface area contributed by atoms with Crippen LogP contribution in [0.2, 0.25) is 5.02 Å². The van der Waals surface area contributed by atoms with Crippen molar-refractivity contribution in [2.24, 2.45) is 0 Å². The molecule has 1 heterocycles. The minimum Gasteiger partial charge on any atom is -0.394 e. The van der Waals surface area contributed by atoms with Crippen molar-refractivity contribution < 1.29 is 22.7 Å². The molecule has 0 amide bonds. The zero-order chi connectivity index (χ0) is 14.0. The molecule has 1 atom stereocenters. The molecule has 5 nitrogen and oxygen atoms in total. The van der Waals surface area contributed by atoms with Crippen molar-refractivity contribution in [1.29, 1.82) is 0 Å². The molecule has 0 aliphatic carbocycles. The Kier molecular flexibility index (Phi) is 4.42. The van der Waals surface area contributed by atoms with Crippen LogP contribution in [0.15, 0.2) is 23.1 Å². The minimum atomic E-state index is -3.81. The molecule has 1 aromatic carbocycles. The summed E-state index contributed by atoms with van der Waals surface area (Å²) in [6, 6.07) is 3.14. The first-order chi connectivity index (χ1) is 8.95. The van der Waals surface area contributed by atoms with Gasteiger partial charge in [-0.3, -0.25) is 0 Å². The number of hydrogen-bond donors (Lipinski definition) is 1. The van der Waals surface area contributed by atoms with Crippen LogP contribution in [0.3, 0.4) is 0 Å². The molecule has 1 aliphatic heterocycles. The molecular weight excluding hydrogens is 297 g/mol. The molecule has 19 heavy (non-hydrogen) atoms. The lowest BCUT2D eigenvalue weighted by Gasteiger charge is -2.31. The fourth-order valence-corrected chi connectivity index (χ4v) is 3.81. The Morgan fingerprint density at radius 1 is 1.53 bits per heavy atom. The molecule has 1 fully saturated rings. The number of halogens is 2. The molecule has 2 rings (SSSR count). The third-order valence-corrected chi connectivity index (χ3v) is 5.16. The van der Waals surface area contributed by atoms with Crippen molar-refractivity contribution in [2.75, 3.05) is 26.3 Å². The fourth-order valence-electron chi connectivity index (χ4n) is 1.84. The molecule has 106 valence electrons. The van der Waals surface area contributed by atoms with Gasteiger partial charge in [0.1, 0.15) is 10.7 Å². The van der Waals surface area contributed by atoms with Gasteiger partial charge in [-0.1, -0.05) is 11.6 Å². The normalized spacial score (nSPS) is 21.5. The molecule has 0 radical (unpaired) electrons. The molecule has 1 aromatic rings. The van der Waals surface area contributed by atoms with E-state index in [0.29, 0.717) is 0 Å². The standard InChI is InChI=1S/C11H13ClFNO4S/c12-10-5-8(13)1-2-11(10)19(16,17)14-3-4-18-9(6-14)7-15/h1-2,5,9,15H,3-4,6-7H2. The van der Waals surface area contributed by atoms with Gasteiger partial charge in [0.25, 0.3) is 0 Å². The van der Waals surface area contributed by atoms with Gasteiger partial charge in [0.05, 0.1) is 24.3 Å². The van der Waals surface area contributed by atoms with E-state index in [1.807, 2.05) is 0 Å². The number of rotatable bonds is 3. The van der Waals surface area contributed by atoms with E-state index < -0.39 is 21.9 Å². The van der Waals surface area contributed by atoms with Crippen LogP contribution in [-0.2, 0) is 14.8 Å². The Bertz CT molecular complexity index is 566. The van der Waals surface area contributed by atoms with Crippen LogP contribution in [0.5, 0.6) is 0 Å². The van der Waals surface area contributed by atoms with E-state index in [1.165, 1.54) is 4.31 Å². The molecule has 0 aromatic heterocycles. The summed E-state index contributed by atoms with van der Waals surface area (Å²) in [7, 11) is -3.81. The van der Waals surface area contributed by atoms with Crippen molar-refractivity contribution >= 4 is 21.6 Å². The van der Waals surface area contributed by atoms with Gasteiger partial charge in [0, 0.05) is 13.1 Å². The summed E-state index contributed by atoms with van der Waals surface area (Å²) in [5.74, 6) is -0.598. The van der Waals surface area contributed by atoms with Crippen molar-refractivity contribution in [2.45, 2.75) is 11.0 Å². The van der Waals surface area contributed by atoms with Crippen LogP contribution in [0.4, 0.5) is 4.39 Å². The average Bonchev–Trinajstić information content (AvgIpc) is 2.38. The average molecular weight is 310 g/mol. The van der Waals surface area contributed by atoms with E-state index in [9.17, 15) is 12.8 Å². The monoisotopic (exact) mass is 309 g/mol. The van der Waals surface area contributed by atoms with Gasteiger partial charge in [-0.25, -0.2) is 12.8 Å². The van der Waals surface area contributed by atoms with E-state index in [2.05, 4.69) is 0 Å². The first-order valence-corrected chi connectivity index (χ1v) is 7.44. The highest BCUT2D eigenvalue weighted by atomic mass is 35.5. The lowest BCUT2D eigenvalue weighted by molar-refractivity contribution is -0.0304. The summed E-state index contributed by atoms with van der Waals surface area (Å²) in [5, 5.41) is 8.85. The molecule has 1 unspecified atom stereocenters. The van der Waals surface area contributed by atoms with Crippen molar-refractivity contribution in [3.63, 3.8) is 0 Å². The van der Waals surface area contributed by atoms with Crippen LogP contribution in [0.25, 0.3) is 0 Å². The highest BCUT2D eigenvalue weighted by molar-refractivity contribution is 7.89. The van der Waals surface area contributed by atoms with E-state index in [1.54, 1.807) is 0 Å². The minimum absolute atomic E-state index is 0.0482. The Morgan fingerprint density at radius 3 is 2.89 bits per heavy atom. The van der Waals surface area contributed by atoms with Crippen LogP contribution in [0, 0.1) is 5.82 Å². The second-order valence-corrected chi connectivity index (χ2v) is 6.43.